The molecule has 0 aromatic carbocycles. The van der Waals surface area contributed by atoms with E-state index in [-0.39, 0.29) is 25.4 Å². The molecule has 0 heterocycles. The van der Waals surface area contributed by atoms with Crippen molar-refractivity contribution in [3.63, 3.8) is 0 Å². The average molecular weight is 284 g/mol. The lowest BCUT2D eigenvalue weighted by atomic mass is 9.80. The van der Waals surface area contributed by atoms with Crippen molar-refractivity contribution >= 4 is 11.9 Å². The number of esters is 1. The van der Waals surface area contributed by atoms with Gasteiger partial charge in [-0.25, -0.2) is 0 Å². The first-order chi connectivity index (χ1) is 9.44. The van der Waals surface area contributed by atoms with Crippen LogP contribution in [0.25, 0.3) is 0 Å². The van der Waals surface area contributed by atoms with Crippen molar-refractivity contribution in [3.8, 4) is 0 Å². The molecule has 0 aliphatic carbocycles. The largest absolute Gasteiger partial charge is 0.480 e. The number of aliphatic carboxylic acids is 1. The second-order valence-corrected chi connectivity index (χ2v) is 5.48. The van der Waals surface area contributed by atoms with Crippen LogP contribution >= 0.6 is 0 Å². The molecule has 0 aromatic rings. The van der Waals surface area contributed by atoms with Gasteiger partial charge in [0.1, 0.15) is 0 Å². The summed E-state index contributed by atoms with van der Waals surface area (Å²) >= 11 is 0. The summed E-state index contributed by atoms with van der Waals surface area (Å²) in [4.78, 5) is 23.7. The highest BCUT2D eigenvalue weighted by Gasteiger charge is 2.45. The maximum Gasteiger partial charge on any atom is 0.323 e. The molecule has 0 rings (SSSR count). The van der Waals surface area contributed by atoms with E-state index in [2.05, 4.69) is 13.5 Å². The minimum atomic E-state index is -1.47. The van der Waals surface area contributed by atoms with Gasteiger partial charge in [-0.05, 0) is 25.2 Å². The molecule has 0 radical (unpaired) electrons. The summed E-state index contributed by atoms with van der Waals surface area (Å²) in [5.41, 5.74) is -1.47. The monoisotopic (exact) mass is 284 g/mol. The van der Waals surface area contributed by atoms with Crippen molar-refractivity contribution in [2.24, 2.45) is 11.3 Å². The molecular formula is C16H28O4. The summed E-state index contributed by atoms with van der Waals surface area (Å²) in [5.74, 6) is -1.49. The Labute approximate surface area is 122 Å². The van der Waals surface area contributed by atoms with E-state index in [1.54, 1.807) is 0 Å². The van der Waals surface area contributed by atoms with Crippen molar-refractivity contribution in [3.05, 3.63) is 12.7 Å². The van der Waals surface area contributed by atoms with Gasteiger partial charge in [0, 0.05) is 0 Å². The lowest BCUT2D eigenvalue weighted by Gasteiger charge is -2.26. The Kier molecular flexibility index (Phi) is 8.93. The number of hydrogen-bond acceptors (Lipinski definition) is 3. The number of allylic oxidation sites excluding steroid dienone is 1. The van der Waals surface area contributed by atoms with Gasteiger partial charge in [-0.15, -0.1) is 6.58 Å². The minimum Gasteiger partial charge on any atom is -0.480 e. The topological polar surface area (TPSA) is 63.6 Å². The van der Waals surface area contributed by atoms with Gasteiger partial charge in [-0.1, -0.05) is 46.1 Å². The zero-order valence-electron chi connectivity index (χ0n) is 13.0. The molecule has 116 valence electrons. The van der Waals surface area contributed by atoms with Gasteiger partial charge in [-0.3, -0.25) is 9.59 Å². The molecular weight excluding hydrogens is 256 g/mol. The van der Waals surface area contributed by atoms with Crippen molar-refractivity contribution in [2.75, 3.05) is 6.61 Å². The van der Waals surface area contributed by atoms with Gasteiger partial charge in [0.25, 0.3) is 0 Å². The minimum absolute atomic E-state index is 0.109. The Morgan fingerprint density at radius 3 is 2.45 bits per heavy atom. The maximum atomic E-state index is 12.2. The second kappa shape index (κ2) is 9.56. The Bertz CT molecular complexity index is 324. The van der Waals surface area contributed by atoms with Gasteiger partial charge in [-0.2, -0.15) is 0 Å². The Hall–Kier alpha value is -1.32. The highest BCUT2D eigenvalue weighted by molar-refractivity contribution is 5.99. The molecule has 20 heavy (non-hydrogen) atoms. The van der Waals surface area contributed by atoms with Crippen molar-refractivity contribution in [1.82, 2.24) is 0 Å². The van der Waals surface area contributed by atoms with Gasteiger partial charge in [0.15, 0.2) is 5.41 Å². The van der Waals surface area contributed by atoms with E-state index in [9.17, 15) is 14.7 Å². The molecule has 4 nitrogen and oxygen atoms in total. The molecule has 2 unspecified atom stereocenters. The summed E-state index contributed by atoms with van der Waals surface area (Å²) < 4.78 is 5.27. The van der Waals surface area contributed by atoms with E-state index in [0.717, 1.165) is 19.3 Å². The first-order valence-electron chi connectivity index (χ1n) is 7.46. The number of hydrogen-bond donors (Lipinski definition) is 1. The van der Waals surface area contributed by atoms with Crippen LogP contribution in [0.1, 0.15) is 59.3 Å². The highest BCUT2D eigenvalue weighted by atomic mass is 16.5. The highest BCUT2D eigenvalue weighted by Crippen LogP contribution is 2.31. The molecule has 4 heteroatoms. The Morgan fingerprint density at radius 2 is 2.00 bits per heavy atom. The Balaban J connectivity index is 4.70. The third-order valence-electron chi connectivity index (χ3n) is 3.52. The van der Waals surface area contributed by atoms with Gasteiger partial charge >= 0.3 is 11.9 Å². The quantitative estimate of drug-likeness (QED) is 0.356. The van der Waals surface area contributed by atoms with Crippen LogP contribution in [-0.2, 0) is 14.3 Å². The van der Waals surface area contributed by atoms with E-state index in [0.29, 0.717) is 6.42 Å². The molecule has 0 amide bonds. The van der Waals surface area contributed by atoms with Crippen LogP contribution in [0.3, 0.4) is 0 Å². The van der Waals surface area contributed by atoms with E-state index in [4.69, 9.17) is 4.74 Å². The number of carbonyl (C=O) groups is 2. The predicted molar refractivity (Wildman–Crippen MR) is 79.4 cm³/mol. The van der Waals surface area contributed by atoms with E-state index in [1.165, 1.54) is 6.08 Å². The molecule has 0 aromatic heterocycles. The number of rotatable bonds is 11. The summed E-state index contributed by atoms with van der Waals surface area (Å²) in [5, 5.41) is 9.41. The Morgan fingerprint density at radius 1 is 1.35 bits per heavy atom. The lowest BCUT2D eigenvalue weighted by molar-refractivity contribution is -0.170. The summed E-state index contributed by atoms with van der Waals surface area (Å²) in [6, 6.07) is 0. The molecule has 0 saturated carbocycles. The average Bonchev–Trinajstić information content (AvgIpc) is 2.41. The number of ether oxygens (including phenoxy) is 1. The number of carboxylic acids is 1. The molecule has 0 aliphatic heterocycles. The molecule has 0 saturated heterocycles. The van der Waals surface area contributed by atoms with Crippen LogP contribution in [-0.4, -0.2) is 23.7 Å². The van der Waals surface area contributed by atoms with Crippen molar-refractivity contribution in [2.45, 2.75) is 59.3 Å². The van der Waals surface area contributed by atoms with Crippen molar-refractivity contribution in [1.29, 1.82) is 0 Å². The van der Waals surface area contributed by atoms with E-state index in [1.807, 2.05) is 13.8 Å². The molecule has 0 fully saturated rings. The summed E-state index contributed by atoms with van der Waals surface area (Å²) in [7, 11) is 0. The molecule has 0 aliphatic rings. The van der Waals surface area contributed by atoms with Crippen LogP contribution < -0.4 is 0 Å². The number of carbonyl (C=O) groups excluding carboxylic acids is 1. The molecule has 1 N–H and O–H groups in total. The molecule has 0 bridgehead atoms. The van der Waals surface area contributed by atoms with Gasteiger partial charge < -0.3 is 9.84 Å². The standard InChI is InChI=1S/C16H28O4/c1-5-8-9-13(4)12-20-15(19)16(10-6-2,11-7-3)14(17)18/h6,13H,2,5,7-12H2,1,3-4H3,(H,17,18). The van der Waals surface area contributed by atoms with Crippen LogP contribution in [0.15, 0.2) is 12.7 Å². The molecule has 0 spiro atoms. The van der Waals surface area contributed by atoms with E-state index >= 15 is 0 Å². The molecule has 2 atom stereocenters. The lowest BCUT2D eigenvalue weighted by Crippen LogP contribution is -2.41. The van der Waals surface area contributed by atoms with Crippen molar-refractivity contribution < 1.29 is 19.4 Å². The van der Waals surface area contributed by atoms with Crippen LogP contribution in [0.5, 0.6) is 0 Å². The zero-order chi connectivity index (χ0) is 15.6. The van der Waals surface area contributed by atoms with Crippen LogP contribution in [0.2, 0.25) is 0 Å². The first kappa shape index (κ1) is 18.7. The third-order valence-corrected chi connectivity index (χ3v) is 3.52. The number of unbranched alkanes of at least 4 members (excludes halogenated alkanes) is 1. The van der Waals surface area contributed by atoms with E-state index < -0.39 is 17.4 Å². The SMILES string of the molecule is C=CCC(CCC)(C(=O)O)C(=O)OCC(C)CCCC. The van der Waals surface area contributed by atoms with Gasteiger partial charge in [0.2, 0.25) is 0 Å². The maximum absolute atomic E-state index is 12.2. The fraction of sp³-hybridized carbons (Fsp3) is 0.750. The first-order valence-corrected chi connectivity index (χ1v) is 7.46. The third kappa shape index (κ3) is 5.35. The summed E-state index contributed by atoms with van der Waals surface area (Å²) in [6.45, 7) is 9.83. The fourth-order valence-electron chi connectivity index (χ4n) is 2.23. The fourth-order valence-corrected chi connectivity index (χ4v) is 2.23. The predicted octanol–water partition coefficient (Wildman–Crippen LogP) is 3.80. The normalized spacial score (nSPS) is 15.2. The second-order valence-electron chi connectivity index (χ2n) is 5.48. The van der Waals surface area contributed by atoms with Crippen LogP contribution in [0, 0.1) is 11.3 Å². The number of carboxylic acid groups (broad SMARTS) is 1. The van der Waals surface area contributed by atoms with Crippen LogP contribution in [0.4, 0.5) is 0 Å². The smallest absolute Gasteiger partial charge is 0.323 e. The zero-order valence-corrected chi connectivity index (χ0v) is 13.0. The summed E-state index contributed by atoms with van der Waals surface area (Å²) in [6.07, 6.45) is 5.65. The van der Waals surface area contributed by atoms with Gasteiger partial charge in [0.05, 0.1) is 6.61 Å².